The molecule has 2 aromatic rings. The van der Waals surface area contributed by atoms with E-state index in [4.69, 9.17) is 16.6 Å². The Bertz CT molecular complexity index is 1090. The molecule has 37 heavy (non-hydrogen) atoms. The van der Waals surface area contributed by atoms with Gasteiger partial charge < -0.3 is 10.2 Å². The van der Waals surface area contributed by atoms with Crippen LogP contribution >= 0.6 is 22.9 Å². The summed E-state index contributed by atoms with van der Waals surface area (Å²) in [5, 5.41) is 4.77. The number of hydrogen-bond acceptors (Lipinski definition) is 6. The summed E-state index contributed by atoms with van der Waals surface area (Å²) in [5.74, 6) is -0.0682. The maximum absolute atomic E-state index is 13.6. The van der Waals surface area contributed by atoms with E-state index in [0.717, 1.165) is 47.5 Å². The van der Waals surface area contributed by atoms with Crippen molar-refractivity contribution in [2.75, 3.05) is 20.6 Å². The number of fused-ring (bicyclic) bond motifs is 1. The molecule has 0 aliphatic heterocycles. The molecule has 1 N–H and O–H groups in total. The first-order valence-corrected chi connectivity index (χ1v) is 14.7. The summed E-state index contributed by atoms with van der Waals surface area (Å²) in [5.41, 5.74) is 0.853. The van der Waals surface area contributed by atoms with Gasteiger partial charge in [0.15, 0.2) is 5.78 Å². The molecular weight excluding hydrogens is 506 g/mol. The maximum atomic E-state index is 13.6. The minimum atomic E-state index is -0.481. The Balaban J connectivity index is 1.72. The predicted octanol–water partition coefficient (Wildman–Crippen LogP) is 6.01. The Labute approximate surface area is 229 Å². The van der Waals surface area contributed by atoms with Gasteiger partial charge in [0.25, 0.3) is 0 Å². The number of amides is 1. The van der Waals surface area contributed by atoms with Crippen LogP contribution in [0.1, 0.15) is 69.7 Å². The molecule has 1 aromatic heterocycles. The fourth-order valence-corrected chi connectivity index (χ4v) is 6.28. The van der Waals surface area contributed by atoms with Crippen molar-refractivity contribution in [2.24, 2.45) is 11.8 Å². The lowest BCUT2D eigenvalue weighted by Crippen LogP contribution is -2.45. The molecule has 0 bridgehead atoms. The average molecular weight is 546 g/mol. The lowest BCUT2D eigenvalue weighted by Gasteiger charge is -2.32. The van der Waals surface area contributed by atoms with Gasteiger partial charge in [0.05, 0.1) is 21.1 Å². The predicted molar refractivity (Wildman–Crippen MR) is 152 cm³/mol. The number of thiazole rings is 1. The van der Waals surface area contributed by atoms with E-state index in [1.54, 1.807) is 6.08 Å². The summed E-state index contributed by atoms with van der Waals surface area (Å²) in [6.07, 6.45) is 11.2. The van der Waals surface area contributed by atoms with Crippen LogP contribution in [0.5, 0.6) is 0 Å². The zero-order valence-electron chi connectivity index (χ0n) is 22.3. The molecule has 1 aliphatic rings. The Morgan fingerprint density at radius 3 is 2.68 bits per heavy atom. The molecule has 2 atom stereocenters. The molecule has 1 fully saturated rings. The van der Waals surface area contributed by atoms with E-state index in [1.807, 2.05) is 50.2 Å². The fourth-order valence-electron chi connectivity index (χ4n) is 4.96. The van der Waals surface area contributed by atoms with E-state index in [2.05, 4.69) is 5.32 Å². The van der Waals surface area contributed by atoms with Gasteiger partial charge in [-0.15, -0.1) is 11.3 Å². The average Bonchev–Trinajstić information content (AvgIpc) is 3.27. The normalized spacial score (nSPS) is 16.4. The van der Waals surface area contributed by atoms with E-state index < -0.39 is 5.92 Å². The second-order valence-electron chi connectivity index (χ2n) is 10.4. The first-order chi connectivity index (χ1) is 17.7. The molecule has 3 rings (SSSR count). The number of carbonyl (C=O) groups is 3. The quantitative estimate of drug-likeness (QED) is 0.294. The molecule has 8 heteroatoms. The van der Waals surface area contributed by atoms with Crippen LogP contribution in [0, 0.1) is 11.8 Å². The molecular formula is C29H40ClN3O3S. The van der Waals surface area contributed by atoms with Crippen molar-refractivity contribution in [3.05, 3.63) is 40.4 Å². The number of likely N-dealkylation sites (N-methyl/N-ethyl adjacent to an activating group) is 1. The summed E-state index contributed by atoms with van der Waals surface area (Å²) in [6.45, 7) is 2.55. The summed E-state index contributed by atoms with van der Waals surface area (Å²) < 4.78 is 0.976. The highest BCUT2D eigenvalue weighted by Gasteiger charge is 2.30. The van der Waals surface area contributed by atoms with Gasteiger partial charge in [0.1, 0.15) is 5.78 Å². The minimum absolute atomic E-state index is 0.0626. The van der Waals surface area contributed by atoms with E-state index in [-0.39, 0.29) is 29.9 Å². The third-order valence-corrected chi connectivity index (χ3v) is 8.35. The SMILES string of the molecule is CCC(=O)C[C@@H](Cc1nc2ccc(Cl)cc2s1)C(=O)N[C@H](CCC(=O)/C=C/CN(C)C)C1CCCCC1. The number of nitrogens with zero attached hydrogens (tertiary/aromatic N) is 2. The van der Waals surface area contributed by atoms with Gasteiger partial charge in [-0.2, -0.15) is 0 Å². The van der Waals surface area contributed by atoms with Gasteiger partial charge in [0, 0.05) is 43.3 Å². The van der Waals surface area contributed by atoms with Crippen LogP contribution in [-0.2, 0) is 20.8 Å². The lowest BCUT2D eigenvalue weighted by atomic mass is 9.81. The van der Waals surface area contributed by atoms with Crippen molar-refractivity contribution in [1.29, 1.82) is 0 Å². The Hall–Kier alpha value is -2.09. The molecule has 0 spiro atoms. The van der Waals surface area contributed by atoms with Crippen LogP contribution in [0.3, 0.4) is 0 Å². The fraction of sp³-hybridized carbons (Fsp3) is 0.586. The molecule has 1 aliphatic carbocycles. The van der Waals surface area contributed by atoms with Gasteiger partial charge >= 0.3 is 0 Å². The third-order valence-electron chi connectivity index (χ3n) is 7.08. The lowest BCUT2D eigenvalue weighted by molar-refractivity contribution is -0.130. The van der Waals surface area contributed by atoms with Gasteiger partial charge in [0.2, 0.25) is 5.91 Å². The van der Waals surface area contributed by atoms with Gasteiger partial charge in [-0.25, -0.2) is 4.98 Å². The highest BCUT2D eigenvalue weighted by Crippen LogP contribution is 2.30. The molecule has 1 amide bonds. The van der Waals surface area contributed by atoms with Crippen LogP contribution in [0.25, 0.3) is 10.2 Å². The number of Topliss-reactive ketones (excluding diaryl/α,β-unsaturated/α-hetero) is 1. The molecule has 1 heterocycles. The van der Waals surface area contributed by atoms with E-state index in [9.17, 15) is 14.4 Å². The smallest absolute Gasteiger partial charge is 0.224 e. The number of ketones is 2. The first-order valence-electron chi connectivity index (χ1n) is 13.5. The van der Waals surface area contributed by atoms with Crippen LogP contribution in [-0.4, -0.2) is 54.0 Å². The Morgan fingerprint density at radius 1 is 1.22 bits per heavy atom. The summed E-state index contributed by atoms with van der Waals surface area (Å²) in [7, 11) is 3.93. The van der Waals surface area contributed by atoms with Gasteiger partial charge in [-0.3, -0.25) is 14.4 Å². The first kappa shape index (κ1) is 29.5. The van der Waals surface area contributed by atoms with Gasteiger partial charge in [-0.1, -0.05) is 43.9 Å². The van der Waals surface area contributed by atoms with Crippen molar-refractivity contribution in [3.8, 4) is 0 Å². The maximum Gasteiger partial charge on any atom is 0.224 e. The summed E-state index contributed by atoms with van der Waals surface area (Å²) >= 11 is 7.66. The van der Waals surface area contributed by atoms with Crippen molar-refractivity contribution >= 4 is 50.6 Å². The standard InChI is InChI=1S/C29H40ClN3O3S/c1-4-23(34)17-21(18-28-31-26-14-12-22(30)19-27(26)37-28)29(36)32-25(20-9-6-5-7-10-20)15-13-24(35)11-8-16-33(2)3/h8,11-12,14,19-21,25H,4-7,9-10,13,15-18H2,1-3H3,(H,32,36)/b11-8+/t21-,25+/m0/s1. The third kappa shape index (κ3) is 9.62. The molecule has 0 saturated heterocycles. The number of hydrogen-bond donors (Lipinski definition) is 1. The highest BCUT2D eigenvalue weighted by atomic mass is 35.5. The summed E-state index contributed by atoms with van der Waals surface area (Å²) in [4.78, 5) is 45.2. The number of benzene rings is 1. The molecule has 1 saturated carbocycles. The van der Waals surface area contributed by atoms with Crippen LogP contribution < -0.4 is 5.32 Å². The largest absolute Gasteiger partial charge is 0.353 e. The van der Waals surface area contributed by atoms with Crippen molar-refractivity contribution in [3.63, 3.8) is 0 Å². The Kier molecular flexibility index (Phi) is 11.7. The minimum Gasteiger partial charge on any atom is -0.353 e. The highest BCUT2D eigenvalue weighted by molar-refractivity contribution is 7.18. The number of aromatic nitrogens is 1. The molecule has 202 valence electrons. The van der Waals surface area contributed by atoms with Crippen LogP contribution in [0.2, 0.25) is 5.02 Å². The van der Waals surface area contributed by atoms with Crippen molar-refractivity contribution in [2.45, 2.75) is 77.2 Å². The number of nitrogens with one attached hydrogen (secondary N) is 1. The Morgan fingerprint density at radius 2 is 1.97 bits per heavy atom. The number of rotatable bonds is 14. The number of halogens is 1. The van der Waals surface area contributed by atoms with Crippen LogP contribution in [0.15, 0.2) is 30.4 Å². The van der Waals surface area contributed by atoms with Crippen molar-refractivity contribution in [1.82, 2.24) is 15.2 Å². The van der Waals surface area contributed by atoms with E-state index in [1.165, 1.54) is 17.8 Å². The van der Waals surface area contributed by atoms with E-state index >= 15 is 0 Å². The molecule has 6 nitrogen and oxygen atoms in total. The van der Waals surface area contributed by atoms with E-state index in [0.29, 0.717) is 36.6 Å². The van der Waals surface area contributed by atoms with Crippen LogP contribution in [0.4, 0.5) is 0 Å². The summed E-state index contributed by atoms with van der Waals surface area (Å²) in [6, 6.07) is 5.51. The topological polar surface area (TPSA) is 79.4 Å². The zero-order chi connectivity index (χ0) is 26.8. The molecule has 0 unspecified atom stereocenters. The zero-order valence-corrected chi connectivity index (χ0v) is 23.9. The molecule has 0 radical (unpaired) electrons. The second kappa shape index (κ2) is 14.7. The number of carbonyl (C=O) groups excluding carboxylic acids is 3. The van der Waals surface area contributed by atoms with Crippen molar-refractivity contribution < 1.29 is 14.4 Å². The van der Waals surface area contributed by atoms with Gasteiger partial charge in [-0.05, 0) is 63.6 Å². The number of allylic oxidation sites excluding steroid dienone is 1. The molecule has 1 aromatic carbocycles. The monoisotopic (exact) mass is 545 g/mol. The second-order valence-corrected chi connectivity index (χ2v) is 12.0.